The molecule has 16 heavy (non-hydrogen) atoms. The largest absolute Gasteiger partial charge is 0.257 e. The van der Waals surface area contributed by atoms with Gasteiger partial charge in [0, 0.05) is 10.8 Å². The fourth-order valence-electron chi connectivity index (χ4n) is 2.31. The van der Waals surface area contributed by atoms with Crippen LogP contribution in [0.15, 0.2) is 6.33 Å². The maximum Gasteiger partial charge on any atom is 0.184 e. The number of thiazole rings is 1. The molecule has 0 fully saturated rings. The summed E-state index contributed by atoms with van der Waals surface area (Å²) in [4.78, 5) is 10.3. The van der Waals surface area contributed by atoms with E-state index in [9.17, 15) is 0 Å². The Balaban J connectivity index is 2.02. The van der Waals surface area contributed by atoms with Crippen molar-refractivity contribution in [2.45, 2.75) is 38.5 Å². The van der Waals surface area contributed by atoms with E-state index >= 15 is 0 Å². The molecule has 0 saturated heterocycles. The molecule has 4 nitrogen and oxygen atoms in total. The van der Waals surface area contributed by atoms with Gasteiger partial charge in [0.2, 0.25) is 0 Å². The quantitative estimate of drug-likeness (QED) is 0.869. The van der Waals surface area contributed by atoms with Gasteiger partial charge < -0.3 is 0 Å². The number of aromatic amines is 1. The summed E-state index contributed by atoms with van der Waals surface area (Å²) in [6.45, 7) is 2.24. The van der Waals surface area contributed by atoms with E-state index in [0.29, 0.717) is 5.92 Å². The molecule has 2 aromatic heterocycles. The van der Waals surface area contributed by atoms with Crippen LogP contribution in [0.3, 0.4) is 0 Å². The summed E-state index contributed by atoms with van der Waals surface area (Å²) in [5.74, 6) is 1.45. The second-order valence-electron chi connectivity index (χ2n) is 4.16. The molecule has 0 bridgehead atoms. The minimum atomic E-state index is 0.650. The second-order valence-corrected chi connectivity index (χ2v) is 5.24. The van der Waals surface area contributed by atoms with Crippen molar-refractivity contribution in [2.75, 3.05) is 0 Å². The van der Waals surface area contributed by atoms with E-state index in [1.54, 1.807) is 11.3 Å². The summed E-state index contributed by atoms with van der Waals surface area (Å²) in [5.41, 5.74) is 1.31. The Morgan fingerprint density at radius 2 is 2.50 bits per heavy atom. The Morgan fingerprint density at radius 1 is 1.56 bits per heavy atom. The Hall–Kier alpha value is -1.23. The number of rotatable bonds is 2. The highest BCUT2D eigenvalue weighted by atomic mass is 32.1. The Labute approximate surface area is 98.1 Å². The van der Waals surface area contributed by atoms with E-state index in [2.05, 4.69) is 22.1 Å². The van der Waals surface area contributed by atoms with Crippen molar-refractivity contribution in [1.29, 1.82) is 0 Å². The van der Waals surface area contributed by atoms with E-state index < -0.39 is 0 Å². The van der Waals surface area contributed by atoms with Crippen LogP contribution < -0.4 is 0 Å². The number of hydrogen-bond donors (Lipinski definition) is 1. The zero-order valence-corrected chi connectivity index (χ0v) is 10.0. The monoisotopic (exact) mass is 234 g/mol. The number of fused-ring (bicyclic) bond motifs is 1. The van der Waals surface area contributed by atoms with Gasteiger partial charge in [-0.05, 0) is 25.7 Å². The van der Waals surface area contributed by atoms with Crippen LogP contribution >= 0.6 is 11.3 Å². The molecular formula is C11H14N4S. The molecule has 2 aromatic rings. The molecule has 0 spiro atoms. The molecule has 0 radical (unpaired) electrons. The first-order chi connectivity index (χ1) is 7.88. The molecule has 5 heteroatoms. The van der Waals surface area contributed by atoms with Gasteiger partial charge in [0.25, 0.3) is 0 Å². The fourth-order valence-corrected chi connectivity index (χ4v) is 3.45. The second kappa shape index (κ2) is 3.97. The van der Waals surface area contributed by atoms with Crippen molar-refractivity contribution < 1.29 is 0 Å². The Morgan fingerprint density at radius 3 is 3.25 bits per heavy atom. The summed E-state index contributed by atoms with van der Waals surface area (Å²) in [6, 6.07) is 0. The first-order valence-corrected chi connectivity index (χ1v) is 6.55. The van der Waals surface area contributed by atoms with Crippen molar-refractivity contribution in [3.63, 3.8) is 0 Å². The zero-order valence-electron chi connectivity index (χ0n) is 9.23. The smallest absolute Gasteiger partial charge is 0.184 e. The van der Waals surface area contributed by atoms with E-state index in [-0.39, 0.29) is 0 Å². The maximum absolute atomic E-state index is 4.73. The minimum absolute atomic E-state index is 0.650. The lowest BCUT2D eigenvalue weighted by Crippen LogP contribution is -2.07. The number of aromatic nitrogens is 4. The minimum Gasteiger partial charge on any atom is -0.257 e. The number of hydrogen-bond acceptors (Lipinski definition) is 4. The van der Waals surface area contributed by atoms with Gasteiger partial charge in [0.05, 0.1) is 5.69 Å². The number of aryl methyl sites for hydroxylation is 1. The van der Waals surface area contributed by atoms with E-state index in [1.165, 1.54) is 42.6 Å². The van der Waals surface area contributed by atoms with Gasteiger partial charge in [-0.15, -0.1) is 11.3 Å². The average Bonchev–Trinajstić information content (AvgIpc) is 2.96. The standard InChI is InChI=1S/C11H14N4S/c1-2-7-4-3-5-8-9(7)14-11(16-8)10-12-6-13-15-10/h6-7H,2-5H2,1H3,(H,12,13,15). The zero-order chi connectivity index (χ0) is 11.0. The fraction of sp³-hybridized carbons (Fsp3) is 0.545. The molecule has 1 aliphatic carbocycles. The predicted molar refractivity (Wildman–Crippen MR) is 63.5 cm³/mol. The number of H-pyrrole nitrogens is 1. The molecule has 0 amide bonds. The molecule has 1 N–H and O–H groups in total. The summed E-state index contributed by atoms with van der Waals surface area (Å²) < 4.78 is 0. The van der Waals surface area contributed by atoms with Gasteiger partial charge in [0.15, 0.2) is 10.8 Å². The highest BCUT2D eigenvalue weighted by Crippen LogP contribution is 2.38. The van der Waals surface area contributed by atoms with Crippen LogP contribution in [0.1, 0.15) is 42.7 Å². The highest BCUT2D eigenvalue weighted by Gasteiger charge is 2.24. The number of nitrogens with one attached hydrogen (secondary N) is 1. The topological polar surface area (TPSA) is 54.5 Å². The lowest BCUT2D eigenvalue weighted by molar-refractivity contribution is 0.533. The normalized spacial score (nSPS) is 19.7. The average molecular weight is 234 g/mol. The lowest BCUT2D eigenvalue weighted by atomic mass is 9.89. The predicted octanol–water partition coefficient (Wildman–Crippen LogP) is 2.76. The summed E-state index contributed by atoms with van der Waals surface area (Å²) >= 11 is 1.77. The molecular weight excluding hydrogens is 220 g/mol. The van der Waals surface area contributed by atoms with Crippen LogP contribution in [0.4, 0.5) is 0 Å². The Bertz CT molecular complexity index is 474. The summed E-state index contributed by atoms with van der Waals surface area (Å²) in [6.07, 6.45) is 6.48. The van der Waals surface area contributed by atoms with Crippen LogP contribution in [-0.2, 0) is 6.42 Å². The molecule has 1 aliphatic rings. The van der Waals surface area contributed by atoms with Crippen LogP contribution in [0, 0.1) is 0 Å². The van der Waals surface area contributed by atoms with Crippen LogP contribution in [-0.4, -0.2) is 20.2 Å². The first kappa shape index (κ1) is 9.96. The molecule has 84 valence electrons. The third-order valence-electron chi connectivity index (χ3n) is 3.18. The third-order valence-corrected chi connectivity index (χ3v) is 4.32. The van der Waals surface area contributed by atoms with Crippen molar-refractivity contribution >= 4 is 11.3 Å². The van der Waals surface area contributed by atoms with E-state index in [4.69, 9.17) is 4.98 Å². The lowest BCUT2D eigenvalue weighted by Gasteiger charge is -2.18. The van der Waals surface area contributed by atoms with Crippen molar-refractivity contribution in [3.8, 4) is 10.8 Å². The van der Waals surface area contributed by atoms with Gasteiger partial charge in [-0.3, -0.25) is 5.10 Å². The van der Waals surface area contributed by atoms with Gasteiger partial charge in [0.1, 0.15) is 6.33 Å². The molecule has 2 heterocycles. The van der Waals surface area contributed by atoms with Gasteiger partial charge >= 0.3 is 0 Å². The molecule has 0 aromatic carbocycles. The van der Waals surface area contributed by atoms with Gasteiger partial charge in [-0.2, -0.15) is 5.10 Å². The molecule has 3 rings (SSSR count). The SMILES string of the molecule is CCC1CCCc2sc(-c3ncn[nH]3)nc21. The third kappa shape index (κ3) is 1.55. The van der Waals surface area contributed by atoms with Crippen LogP contribution in [0.2, 0.25) is 0 Å². The van der Waals surface area contributed by atoms with Gasteiger partial charge in [-0.25, -0.2) is 9.97 Å². The molecule has 1 atom stereocenters. The van der Waals surface area contributed by atoms with Crippen molar-refractivity contribution in [2.24, 2.45) is 0 Å². The van der Waals surface area contributed by atoms with Gasteiger partial charge in [-0.1, -0.05) is 6.92 Å². The van der Waals surface area contributed by atoms with E-state index in [0.717, 1.165) is 10.8 Å². The number of nitrogens with zero attached hydrogens (tertiary/aromatic N) is 3. The van der Waals surface area contributed by atoms with Crippen LogP contribution in [0.25, 0.3) is 10.8 Å². The Kier molecular flexibility index (Phi) is 2.47. The van der Waals surface area contributed by atoms with E-state index in [1.807, 2.05) is 0 Å². The molecule has 1 unspecified atom stereocenters. The first-order valence-electron chi connectivity index (χ1n) is 5.73. The summed E-state index contributed by atoms with van der Waals surface area (Å²) in [5, 5.41) is 7.75. The van der Waals surface area contributed by atoms with Crippen molar-refractivity contribution in [1.82, 2.24) is 20.2 Å². The summed E-state index contributed by atoms with van der Waals surface area (Å²) in [7, 11) is 0. The van der Waals surface area contributed by atoms with Crippen molar-refractivity contribution in [3.05, 3.63) is 16.9 Å². The maximum atomic E-state index is 4.73. The molecule has 0 saturated carbocycles. The van der Waals surface area contributed by atoms with Crippen LogP contribution in [0.5, 0.6) is 0 Å². The molecule has 0 aliphatic heterocycles. The highest BCUT2D eigenvalue weighted by molar-refractivity contribution is 7.15.